The van der Waals surface area contributed by atoms with E-state index in [1.54, 1.807) is 0 Å². The summed E-state index contributed by atoms with van der Waals surface area (Å²) in [6.45, 7) is 9.16. The molecule has 0 radical (unpaired) electrons. The molecule has 0 saturated heterocycles. The third-order valence-corrected chi connectivity index (χ3v) is 4.01. The Bertz CT molecular complexity index is 230. The first kappa shape index (κ1) is 13.5. The smallest absolute Gasteiger partial charge is 0.234 e. The molecule has 1 saturated carbocycles. The summed E-state index contributed by atoms with van der Waals surface area (Å²) >= 11 is 0. The largest absolute Gasteiger partial charge is 0.353 e. The van der Waals surface area contributed by atoms with Gasteiger partial charge in [0.15, 0.2) is 0 Å². The van der Waals surface area contributed by atoms with Crippen LogP contribution >= 0.6 is 0 Å². The fourth-order valence-electron chi connectivity index (χ4n) is 2.30. The van der Waals surface area contributed by atoms with Crippen molar-refractivity contribution in [2.75, 3.05) is 6.54 Å². The van der Waals surface area contributed by atoms with Gasteiger partial charge in [-0.3, -0.25) is 4.79 Å². The van der Waals surface area contributed by atoms with Gasteiger partial charge in [-0.05, 0) is 38.0 Å². The lowest BCUT2D eigenvalue weighted by Gasteiger charge is -2.20. The first-order valence-corrected chi connectivity index (χ1v) is 6.57. The van der Waals surface area contributed by atoms with Crippen LogP contribution in [0.2, 0.25) is 0 Å². The average molecular weight is 226 g/mol. The number of amides is 1. The number of carbonyl (C=O) groups is 1. The second-order valence-electron chi connectivity index (χ2n) is 5.28. The van der Waals surface area contributed by atoms with Crippen LogP contribution in [0, 0.1) is 11.8 Å². The molecular formula is C13H26N2O. The molecule has 3 nitrogen and oxygen atoms in total. The van der Waals surface area contributed by atoms with E-state index in [1.165, 1.54) is 12.8 Å². The quantitative estimate of drug-likeness (QED) is 0.752. The Hall–Kier alpha value is -0.570. The fraction of sp³-hybridized carbons (Fsp3) is 0.923. The van der Waals surface area contributed by atoms with Crippen molar-refractivity contribution in [2.24, 2.45) is 11.8 Å². The standard InChI is InChI=1S/C13H26N2O/c1-5-10(3)15-13(16)8-14-12-7-6-9(2)11(12)4/h9-12,14H,5-8H2,1-4H3,(H,15,16). The van der Waals surface area contributed by atoms with Crippen molar-refractivity contribution < 1.29 is 4.79 Å². The highest BCUT2D eigenvalue weighted by Crippen LogP contribution is 2.30. The molecule has 4 atom stereocenters. The van der Waals surface area contributed by atoms with Crippen LogP contribution < -0.4 is 10.6 Å². The summed E-state index contributed by atoms with van der Waals surface area (Å²) in [6.07, 6.45) is 3.48. The molecule has 3 heteroatoms. The molecule has 1 aliphatic carbocycles. The van der Waals surface area contributed by atoms with Crippen molar-refractivity contribution in [3.63, 3.8) is 0 Å². The summed E-state index contributed by atoms with van der Waals surface area (Å²) in [5.74, 6) is 1.60. The number of hydrogen-bond acceptors (Lipinski definition) is 2. The highest BCUT2D eigenvalue weighted by Gasteiger charge is 2.29. The lowest BCUT2D eigenvalue weighted by atomic mass is 9.98. The fourth-order valence-corrected chi connectivity index (χ4v) is 2.30. The van der Waals surface area contributed by atoms with E-state index in [1.807, 2.05) is 6.92 Å². The molecule has 0 spiro atoms. The first-order chi connectivity index (χ1) is 7.54. The summed E-state index contributed by atoms with van der Waals surface area (Å²) in [7, 11) is 0. The monoisotopic (exact) mass is 226 g/mol. The van der Waals surface area contributed by atoms with Gasteiger partial charge in [0.25, 0.3) is 0 Å². The molecule has 0 aromatic carbocycles. The molecule has 1 aliphatic rings. The van der Waals surface area contributed by atoms with Gasteiger partial charge < -0.3 is 10.6 Å². The van der Waals surface area contributed by atoms with E-state index in [4.69, 9.17) is 0 Å². The zero-order valence-corrected chi connectivity index (χ0v) is 11.0. The summed E-state index contributed by atoms with van der Waals surface area (Å²) in [5, 5.41) is 6.36. The van der Waals surface area contributed by atoms with Gasteiger partial charge in [0.05, 0.1) is 6.54 Å². The Morgan fingerprint density at radius 1 is 1.38 bits per heavy atom. The highest BCUT2D eigenvalue weighted by atomic mass is 16.1. The predicted molar refractivity (Wildman–Crippen MR) is 67.2 cm³/mol. The number of nitrogens with one attached hydrogen (secondary N) is 2. The van der Waals surface area contributed by atoms with Crippen molar-refractivity contribution in [3.05, 3.63) is 0 Å². The number of hydrogen-bond donors (Lipinski definition) is 2. The van der Waals surface area contributed by atoms with Gasteiger partial charge in [0, 0.05) is 12.1 Å². The van der Waals surface area contributed by atoms with Crippen molar-refractivity contribution in [1.82, 2.24) is 10.6 Å². The van der Waals surface area contributed by atoms with E-state index < -0.39 is 0 Å². The second-order valence-corrected chi connectivity index (χ2v) is 5.28. The summed E-state index contributed by atoms with van der Waals surface area (Å²) < 4.78 is 0. The number of rotatable bonds is 5. The van der Waals surface area contributed by atoms with E-state index in [-0.39, 0.29) is 11.9 Å². The van der Waals surface area contributed by atoms with Gasteiger partial charge in [0.1, 0.15) is 0 Å². The zero-order valence-electron chi connectivity index (χ0n) is 11.0. The van der Waals surface area contributed by atoms with E-state index in [9.17, 15) is 4.79 Å². The molecule has 0 bridgehead atoms. The van der Waals surface area contributed by atoms with Crippen LogP contribution in [0.3, 0.4) is 0 Å². The Kier molecular flexibility index (Phi) is 5.26. The molecule has 1 fully saturated rings. The maximum atomic E-state index is 11.6. The topological polar surface area (TPSA) is 41.1 Å². The summed E-state index contributed by atoms with van der Waals surface area (Å²) in [5.41, 5.74) is 0. The van der Waals surface area contributed by atoms with Gasteiger partial charge in [-0.15, -0.1) is 0 Å². The van der Waals surface area contributed by atoms with Gasteiger partial charge in [0.2, 0.25) is 5.91 Å². The number of carbonyl (C=O) groups excluding carboxylic acids is 1. The molecule has 2 N–H and O–H groups in total. The van der Waals surface area contributed by atoms with E-state index in [0.717, 1.165) is 12.3 Å². The van der Waals surface area contributed by atoms with Gasteiger partial charge in [-0.1, -0.05) is 20.8 Å². The van der Waals surface area contributed by atoms with Crippen LogP contribution in [0.25, 0.3) is 0 Å². The Morgan fingerprint density at radius 3 is 2.56 bits per heavy atom. The normalized spacial score (nSPS) is 31.4. The molecular weight excluding hydrogens is 200 g/mol. The van der Waals surface area contributed by atoms with Crippen LogP contribution in [0.1, 0.15) is 47.0 Å². The van der Waals surface area contributed by atoms with Crippen molar-refractivity contribution in [3.8, 4) is 0 Å². The highest BCUT2D eigenvalue weighted by molar-refractivity contribution is 5.78. The SMILES string of the molecule is CCC(C)NC(=O)CNC1CCC(C)C1C. The average Bonchev–Trinajstić information content (AvgIpc) is 2.57. The van der Waals surface area contributed by atoms with E-state index in [2.05, 4.69) is 31.4 Å². The van der Waals surface area contributed by atoms with Crippen molar-refractivity contribution in [2.45, 2.75) is 59.0 Å². The third kappa shape index (κ3) is 3.78. The minimum atomic E-state index is 0.126. The first-order valence-electron chi connectivity index (χ1n) is 6.57. The Morgan fingerprint density at radius 2 is 2.06 bits per heavy atom. The lowest BCUT2D eigenvalue weighted by Crippen LogP contribution is -2.43. The van der Waals surface area contributed by atoms with Crippen LogP contribution in [-0.2, 0) is 4.79 Å². The second kappa shape index (κ2) is 6.24. The molecule has 94 valence electrons. The van der Waals surface area contributed by atoms with Gasteiger partial charge >= 0.3 is 0 Å². The lowest BCUT2D eigenvalue weighted by molar-refractivity contribution is -0.121. The molecule has 0 aromatic rings. The molecule has 1 rings (SSSR count). The Labute approximate surface area is 99.4 Å². The minimum Gasteiger partial charge on any atom is -0.353 e. The van der Waals surface area contributed by atoms with E-state index >= 15 is 0 Å². The van der Waals surface area contributed by atoms with Crippen molar-refractivity contribution in [1.29, 1.82) is 0 Å². The van der Waals surface area contributed by atoms with Gasteiger partial charge in [-0.2, -0.15) is 0 Å². The van der Waals surface area contributed by atoms with E-state index in [0.29, 0.717) is 18.5 Å². The molecule has 4 unspecified atom stereocenters. The maximum absolute atomic E-state index is 11.6. The van der Waals surface area contributed by atoms with Crippen LogP contribution in [-0.4, -0.2) is 24.5 Å². The van der Waals surface area contributed by atoms with Gasteiger partial charge in [-0.25, -0.2) is 0 Å². The summed E-state index contributed by atoms with van der Waals surface area (Å²) in [4.78, 5) is 11.6. The van der Waals surface area contributed by atoms with Crippen LogP contribution in [0.5, 0.6) is 0 Å². The third-order valence-electron chi connectivity index (χ3n) is 4.01. The zero-order chi connectivity index (χ0) is 12.1. The van der Waals surface area contributed by atoms with Crippen LogP contribution in [0.4, 0.5) is 0 Å². The van der Waals surface area contributed by atoms with Crippen LogP contribution in [0.15, 0.2) is 0 Å². The Balaban J connectivity index is 2.22. The van der Waals surface area contributed by atoms with Crippen molar-refractivity contribution >= 4 is 5.91 Å². The molecule has 0 aromatic heterocycles. The molecule has 0 aliphatic heterocycles. The molecule has 0 heterocycles. The molecule has 16 heavy (non-hydrogen) atoms. The predicted octanol–water partition coefficient (Wildman–Crippen LogP) is 1.93. The summed E-state index contributed by atoms with van der Waals surface area (Å²) in [6, 6.07) is 0.812. The minimum absolute atomic E-state index is 0.126. The molecule has 1 amide bonds. The maximum Gasteiger partial charge on any atom is 0.234 e.